The second-order valence-corrected chi connectivity index (χ2v) is 14.5. The Bertz CT molecular complexity index is 1320. The Morgan fingerprint density at radius 1 is 1.00 bits per heavy atom. The van der Waals surface area contributed by atoms with E-state index in [1.165, 1.54) is 9.87 Å². The Hall–Kier alpha value is -2.50. The van der Waals surface area contributed by atoms with Crippen LogP contribution in [0.1, 0.15) is 61.3 Å². The lowest BCUT2D eigenvalue weighted by Crippen LogP contribution is -2.45. The Morgan fingerprint density at radius 2 is 1.68 bits per heavy atom. The van der Waals surface area contributed by atoms with Gasteiger partial charge in [0, 0.05) is 38.8 Å². The molecule has 1 amide bonds. The summed E-state index contributed by atoms with van der Waals surface area (Å²) in [6.07, 6.45) is 5.60. The van der Waals surface area contributed by atoms with E-state index in [9.17, 15) is 13.2 Å². The van der Waals surface area contributed by atoms with Gasteiger partial charge >= 0.3 is 0 Å². The summed E-state index contributed by atoms with van der Waals surface area (Å²) in [5, 5.41) is 3.09. The van der Waals surface area contributed by atoms with Crippen LogP contribution in [-0.4, -0.2) is 89.3 Å². The molecule has 2 unspecified atom stereocenters. The molecule has 0 bridgehead atoms. The highest BCUT2D eigenvalue weighted by Crippen LogP contribution is 2.40. The first-order valence-electron chi connectivity index (χ1n) is 16.2. The summed E-state index contributed by atoms with van der Waals surface area (Å²) in [5.74, 6) is 1.57. The maximum absolute atomic E-state index is 13.6. The number of benzene rings is 2. The molecule has 3 fully saturated rings. The molecule has 242 valence electrons. The lowest BCUT2D eigenvalue weighted by molar-refractivity contribution is -0.128. The second kappa shape index (κ2) is 15.2. The Labute approximate surface area is 263 Å². The molecule has 2 atom stereocenters. The predicted octanol–water partition coefficient (Wildman–Crippen LogP) is 4.48. The van der Waals surface area contributed by atoms with Gasteiger partial charge in [0.05, 0.1) is 31.3 Å². The number of sulfonamides is 1. The number of nitrogens with zero attached hydrogens (tertiary/aromatic N) is 2. The van der Waals surface area contributed by atoms with Crippen LogP contribution >= 0.6 is 0 Å². The van der Waals surface area contributed by atoms with Gasteiger partial charge in [-0.1, -0.05) is 30.3 Å². The smallest absolute Gasteiger partial charge is 0.246 e. The number of carbonyl (C=O) groups excluding carboxylic acids is 1. The SMILES string of the molecule is COc1cc(C)c(S(=O)(=O)N2CCCC(OCC(=O)NCC3CCC(C(c4ccccc4)N4CCOCC4)CC3)C2)c(C)c1. The van der Waals surface area contributed by atoms with Crippen molar-refractivity contribution < 1.29 is 27.4 Å². The van der Waals surface area contributed by atoms with Crippen molar-refractivity contribution in [1.82, 2.24) is 14.5 Å². The molecule has 0 spiro atoms. The lowest BCUT2D eigenvalue weighted by atomic mass is 9.76. The summed E-state index contributed by atoms with van der Waals surface area (Å²) in [5.41, 5.74) is 2.72. The monoisotopic (exact) mass is 627 g/mol. The average molecular weight is 628 g/mol. The highest BCUT2D eigenvalue weighted by atomic mass is 32.2. The van der Waals surface area contributed by atoms with Crippen LogP contribution < -0.4 is 10.1 Å². The van der Waals surface area contributed by atoms with Crippen molar-refractivity contribution >= 4 is 15.9 Å². The average Bonchev–Trinajstić information content (AvgIpc) is 3.04. The molecule has 0 radical (unpaired) electrons. The number of hydrogen-bond donors (Lipinski definition) is 1. The normalized spacial score (nSPS) is 24.5. The van der Waals surface area contributed by atoms with E-state index in [0.717, 1.165) is 58.4 Å². The Balaban J connectivity index is 1.08. The summed E-state index contributed by atoms with van der Waals surface area (Å²) in [6, 6.07) is 14.8. The fourth-order valence-corrected chi connectivity index (χ4v) is 9.24. The number of nitrogens with one attached hydrogen (secondary N) is 1. The molecule has 10 heteroatoms. The van der Waals surface area contributed by atoms with Gasteiger partial charge in [0.25, 0.3) is 0 Å². The van der Waals surface area contributed by atoms with Gasteiger partial charge in [0.2, 0.25) is 15.9 Å². The van der Waals surface area contributed by atoms with Crippen molar-refractivity contribution in [2.45, 2.75) is 69.4 Å². The third-order valence-electron chi connectivity index (χ3n) is 9.56. The molecular formula is C34H49N3O6S. The summed E-state index contributed by atoms with van der Waals surface area (Å²) in [7, 11) is -2.12. The van der Waals surface area contributed by atoms with Gasteiger partial charge in [0.1, 0.15) is 12.4 Å². The van der Waals surface area contributed by atoms with Gasteiger partial charge < -0.3 is 19.5 Å². The minimum Gasteiger partial charge on any atom is -0.497 e. The fraction of sp³-hybridized carbons (Fsp3) is 0.618. The molecule has 1 N–H and O–H groups in total. The number of methoxy groups -OCH3 is 1. The van der Waals surface area contributed by atoms with Crippen LogP contribution in [0, 0.1) is 25.7 Å². The number of rotatable bonds is 11. The van der Waals surface area contributed by atoms with E-state index in [2.05, 4.69) is 40.5 Å². The summed E-state index contributed by atoms with van der Waals surface area (Å²) in [4.78, 5) is 15.7. The van der Waals surface area contributed by atoms with Crippen molar-refractivity contribution in [2.24, 2.45) is 11.8 Å². The van der Waals surface area contributed by atoms with Crippen molar-refractivity contribution in [3.8, 4) is 5.75 Å². The predicted molar refractivity (Wildman–Crippen MR) is 170 cm³/mol. The van der Waals surface area contributed by atoms with Crippen LogP contribution in [0.2, 0.25) is 0 Å². The molecule has 2 aromatic carbocycles. The lowest BCUT2D eigenvalue weighted by Gasteiger charge is -2.42. The van der Waals surface area contributed by atoms with E-state index < -0.39 is 10.0 Å². The Morgan fingerprint density at radius 3 is 2.34 bits per heavy atom. The molecule has 2 heterocycles. The molecule has 2 aromatic rings. The highest BCUT2D eigenvalue weighted by Gasteiger charge is 2.35. The first-order valence-corrected chi connectivity index (χ1v) is 17.6. The third-order valence-corrected chi connectivity index (χ3v) is 11.7. The van der Waals surface area contributed by atoms with E-state index in [-0.39, 0.29) is 25.2 Å². The van der Waals surface area contributed by atoms with Gasteiger partial charge in [-0.2, -0.15) is 4.31 Å². The van der Waals surface area contributed by atoms with Gasteiger partial charge in [-0.05, 0) is 93.0 Å². The van der Waals surface area contributed by atoms with Crippen LogP contribution in [-0.2, 0) is 24.3 Å². The maximum Gasteiger partial charge on any atom is 0.246 e. The number of carbonyl (C=O) groups is 1. The third kappa shape index (κ3) is 8.01. The first kappa shape index (κ1) is 32.9. The van der Waals surface area contributed by atoms with E-state index in [1.807, 2.05) is 0 Å². The van der Waals surface area contributed by atoms with Crippen molar-refractivity contribution in [3.05, 3.63) is 59.2 Å². The number of morpholine rings is 1. The van der Waals surface area contributed by atoms with E-state index in [1.54, 1.807) is 33.1 Å². The van der Waals surface area contributed by atoms with E-state index in [4.69, 9.17) is 14.2 Å². The Kier molecular flexibility index (Phi) is 11.4. The number of aryl methyl sites for hydroxylation is 2. The molecule has 9 nitrogen and oxygen atoms in total. The minimum atomic E-state index is -3.69. The van der Waals surface area contributed by atoms with Crippen LogP contribution in [0.4, 0.5) is 0 Å². The number of ether oxygens (including phenoxy) is 3. The molecule has 1 aliphatic carbocycles. The zero-order valence-electron chi connectivity index (χ0n) is 26.5. The molecular weight excluding hydrogens is 578 g/mol. The number of amides is 1. The van der Waals surface area contributed by atoms with Gasteiger partial charge in [-0.25, -0.2) is 8.42 Å². The first-order chi connectivity index (χ1) is 21.3. The second-order valence-electron chi connectivity index (χ2n) is 12.6. The van der Waals surface area contributed by atoms with E-state index >= 15 is 0 Å². The largest absolute Gasteiger partial charge is 0.497 e. The summed E-state index contributed by atoms with van der Waals surface area (Å²) < 4.78 is 45.5. The van der Waals surface area contributed by atoms with Crippen LogP contribution in [0.25, 0.3) is 0 Å². The van der Waals surface area contributed by atoms with Crippen LogP contribution in [0.15, 0.2) is 47.4 Å². The topological polar surface area (TPSA) is 97.4 Å². The van der Waals surface area contributed by atoms with Gasteiger partial charge in [-0.3, -0.25) is 9.69 Å². The molecule has 5 rings (SSSR count). The van der Waals surface area contributed by atoms with Crippen molar-refractivity contribution in [3.63, 3.8) is 0 Å². The fourth-order valence-electron chi connectivity index (χ4n) is 7.32. The van der Waals surface area contributed by atoms with Gasteiger partial charge in [-0.15, -0.1) is 0 Å². The van der Waals surface area contributed by atoms with Crippen LogP contribution in [0.3, 0.4) is 0 Å². The zero-order chi connectivity index (χ0) is 31.1. The summed E-state index contributed by atoms with van der Waals surface area (Å²) >= 11 is 0. The maximum atomic E-state index is 13.6. The molecule has 0 aromatic heterocycles. The summed E-state index contributed by atoms with van der Waals surface area (Å²) in [6.45, 7) is 8.42. The standard InChI is InChI=1S/C34H49N3O6S/c1-25-20-31(41-3)21-26(2)34(25)44(39,40)37-15-7-10-30(23-37)43-24-32(38)35-22-27-11-13-29(14-12-27)33(28-8-5-4-6-9-28)36-16-18-42-19-17-36/h4-6,8-9,20-21,27,29-30,33H,7,10-19,22-24H2,1-3H3,(H,35,38). The molecule has 3 aliphatic rings. The van der Waals surface area contributed by atoms with E-state index in [0.29, 0.717) is 59.2 Å². The van der Waals surface area contributed by atoms with Crippen molar-refractivity contribution in [1.29, 1.82) is 0 Å². The number of hydrogen-bond acceptors (Lipinski definition) is 7. The molecule has 44 heavy (non-hydrogen) atoms. The molecule has 1 saturated carbocycles. The molecule has 2 aliphatic heterocycles. The zero-order valence-corrected chi connectivity index (χ0v) is 27.3. The minimum absolute atomic E-state index is 0.0540. The van der Waals surface area contributed by atoms with Crippen LogP contribution in [0.5, 0.6) is 5.75 Å². The van der Waals surface area contributed by atoms with Crippen molar-refractivity contribution in [2.75, 3.05) is 59.7 Å². The highest BCUT2D eigenvalue weighted by molar-refractivity contribution is 7.89. The number of piperidine rings is 1. The molecule has 2 saturated heterocycles. The van der Waals surface area contributed by atoms with Gasteiger partial charge in [0.15, 0.2) is 0 Å². The quantitative estimate of drug-likeness (QED) is 0.393.